The molecule has 0 radical (unpaired) electrons. The van der Waals surface area contributed by atoms with Crippen molar-refractivity contribution in [1.29, 1.82) is 0 Å². The van der Waals surface area contributed by atoms with Crippen LogP contribution in [-0.2, 0) is 19.5 Å². The van der Waals surface area contributed by atoms with Gasteiger partial charge in [-0.1, -0.05) is 42.5 Å². The second-order valence-electron chi connectivity index (χ2n) is 8.00. The average molecular weight is 376 g/mol. The van der Waals surface area contributed by atoms with Gasteiger partial charge in [-0.3, -0.25) is 4.90 Å². The lowest BCUT2D eigenvalue weighted by molar-refractivity contribution is 0.165. The molecule has 2 aromatic carbocycles. The molecule has 3 aromatic rings. The SMILES string of the molecule is Cc1cnc(CC2CCCN(Cc3ccc(O)cc3)C2)n1Cc1ccccc1. The third-order valence-electron chi connectivity index (χ3n) is 5.74. The van der Waals surface area contributed by atoms with Crippen molar-refractivity contribution < 1.29 is 5.11 Å². The van der Waals surface area contributed by atoms with Gasteiger partial charge < -0.3 is 9.67 Å². The fourth-order valence-corrected chi connectivity index (χ4v) is 4.23. The molecule has 0 amide bonds. The van der Waals surface area contributed by atoms with Gasteiger partial charge in [0.1, 0.15) is 11.6 Å². The molecular formula is C24H29N3O. The average Bonchev–Trinajstić information content (AvgIpc) is 3.04. The van der Waals surface area contributed by atoms with Crippen molar-refractivity contribution >= 4 is 0 Å². The van der Waals surface area contributed by atoms with E-state index in [2.05, 4.69) is 46.7 Å². The van der Waals surface area contributed by atoms with Crippen molar-refractivity contribution in [2.45, 2.75) is 39.3 Å². The number of nitrogens with zero attached hydrogens (tertiary/aromatic N) is 3. The van der Waals surface area contributed by atoms with E-state index in [1.165, 1.54) is 35.5 Å². The molecule has 146 valence electrons. The number of aromatic hydroxyl groups is 1. The Morgan fingerprint density at radius 3 is 2.54 bits per heavy atom. The van der Waals surface area contributed by atoms with Gasteiger partial charge in [0.2, 0.25) is 0 Å². The first-order chi connectivity index (χ1) is 13.7. The Labute approximate surface area is 167 Å². The van der Waals surface area contributed by atoms with Gasteiger partial charge in [0.25, 0.3) is 0 Å². The second kappa shape index (κ2) is 8.61. The van der Waals surface area contributed by atoms with Crippen LogP contribution >= 0.6 is 0 Å². The minimum absolute atomic E-state index is 0.334. The topological polar surface area (TPSA) is 41.3 Å². The Morgan fingerprint density at radius 1 is 1.00 bits per heavy atom. The van der Waals surface area contributed by atoms with Crippen LogP contribution in [0.15, 0.2) is 60.8 Å². The molecule has 4 rings (SSSR count). The van der Waals surface area contributed by atoms with Crippen molar-refractivity contribution in [3.05, 3.63) is 83.4 Å². The number of aromatic nitrogens is 2. The van der Waals surface area contributed by atoms with Crippen LogP contribution in [0, 0.1) is 12.8 Å². The van der Waals surface area contributed by atoms with Gasteiger partial charge in [0.05, 0.1) is 0 Å². The van der Waals surface area contributed by atoms with Gasteiger partial charge in [-0.25, -0.2) is 4.98 Å². The number of imidazole rings is 1. The summed E-state index contributed by atoms with van der Waals surface area (Å²) in [5, 5.41) is 9.48. The van der Waals surface area contributed by atoms with E-state index < -0.39 is 0 Å². The van der Waals surface area contributed by atoms with E-state index in [0.717, 1.165) is 32.6 Å². The third kappa shape index (κ3) is 4.63. The van der Waals surface area contributed by atoms with Gasteiger partial charge in [0, 0.05) is 37.9 Å². The highest BCUT2D eigenvalue weighted by Crippen LogP contribution is 2.23. The molecule has 4 heteroatoms. The lowest BCUT2D eigenvalue weighted by Gasteiger charge is -2.32. The van der Waals surface area contributed by atoms with Crippen LogP contribution in [0.4, 0.5) is 0 Å². The van der Waals surface area contributed by atoms with E-state index in [1.54, 1.807) is 12.1 Å². The first-order valence-corrected chi connectivity index (χ1v) is 10.2. The standard InChI is InChI=1S/C24H29N3O/c1-19-15-25-24(27(19)18-20-6-3-2-4-7-20)14-22-8-5-13-26(17-22)16-21-9-11-23(28)12-10-21/h2-4,6-7,9-12,15,22,28H,5,8,13-14,16-18H2,1H3. The smallest absolute Gasteiger partial charge is 0.115 e. The van der Waals surface area contributed by atoms with Gasteiger partial charge in [-0.2, -0.15) is 0 Å². The van der Waals surface area contributed by atoms with E-state index in [-0.39, 0.29) is 0 Å². The summed E-state index contributed by atoms with van der Waals surface area (Å²) in [5.41, 5.74) is 3.82. The maximum absolute atomic E-state index is 9.48. The predicted molar refractivity (Wildman–Crippen MR) is 112 cm³/mol. The van der Waals surface area contributed by atoms with Gasteiger partial charge in [-0.15, -0.1) is 0 Å². The fraction of sp³-hybridized carbons (Fsp3) is 0.375. The summed E-state index contributed by atoms with van der Waals surface area (Å²) in [4.78, 5) is 7.28. The van der Waals surface area contributed by atoms with Crippen LogP contribution in [0.2, 0.25) is 0 Å². The highest BCUT2D eigenvalue weighted by molar-refractivity contribution is 5.25. The van der Waals surface area contributed by atoms with E-state index in [4.69, 9.17) is 4.98 Å². The molecule has 1 saturated heterocycles. The molecular weight excluding hydrogens is 346 g/mol. The molecule has 1 aromatic heterocycles. The van der Waals surface area contributed by atoms with Crippen LogP contribution in [0.5, 0.6) is 5.75 Å². The van der Waals surface area contributed by atoms with Crippen molar-refractivity contribution in [1.82, 2.24) is 14.5 Å². The number of rotatable bonds is 6. The van der Waals surface area contributed by atoms with Gasteiger partial charge in [-0.05, 0) is 55.5 Å². The molecule has 1 fully saturated rings. The van der Waals surface area contributed by atoms with Crippen molar-refractivity contribution in [3.63, 3.8) is 0 Å². The number of hydrogen-bond donors (Lipinski definition) is 1. The fourth-order valence-electron chi connectivity index (χ4n) is 4.23. The lowest BCUT2D eigenvalue weighted by atomic mass is 9.94. The molecule has 0 spiro atoms. The van der Waals surface area contributed by atoms with Crippen LogP contribution in [0.1, 0.15) is 35.5 Å². The predicted octanol–water partition coefficient (Wildman–Crippen LogP) is 4.40. The molecule has 1 aliphatic heterocycles. The molecule has 0 saturated carbocycles. The van der Waals surface area contributed by atoms with Crippen molar-refractivity contribution in [2.75, 3.05) is 13.1 Å². The summed E-state index contributed by atoms with van der Waals surface area (Å²) >= 11 is 0. The normalized spacial score (nSPS) is 17.7. The zero-order chi connectivity index (χ0) is 19.3. The number of hydrogen-bond acceptors (Lipinski definition) is 3. The second-order valence-corrected chi connectivity index (χ2v) is 8.00. The molecule has 0 bridgehead atoms. The number of benzene rings is 2. The van der Waals surface area contributed by atoms with E-state index >= 15 is 0 Å². The zero-order valence-corrected chi connectivity index (χ0v) is 16.6. The summed E-state index contributed by atoms with van der Waals surface area (Å²) < 4.78 is 2.37. The van der Waals surface area contributed by atoms with Gasteiger partial charge >= 0.3 is 0 Å². The van der Waals surface area contributed by atoms with Crippen molar-refractivity contribution in [2.24, 2.45) is 5.92 Å². The summed E-state index contributed by atoms with van der Waals surface area (Å²) in [6.45, 7) is 6.25. The number of likely N-dealkylation sites (tertiary alicyclic amines) is 1. The van der Waals surface area contributed by atoms with E-state index in [9.17, 15) is 5.11 Å². The molecule has 28 heavy (non-hydrogen) atoms. The van der Waals surface area contributed by atoms with Crippen LogP contribution in [0.25, 0.3) is 0 Å². The highest BCUT2D eigenvalue weighted by atomic mass is 16.3. The molecule has 1 N–H and O–H groups in total. The Kier molecular flexibility index (Phi) is 5.77. The van der Waals surface area contributed by atoms with E-state index in [1.807, 2.05) is 18.3 Å². The zero-order valence-electron chi connectivity index (χ0n) is 16.6. The first-order valence-electron chi connectivity index (χ1n) is 10.2. The van der Waals surface area contributed by atoms with Gasteiger partial charge in [0.15, 0.2) is 0 Å². The van der Waals surface area contributed by atoms with Crippen LogP contribution in [0.3, 0.4) is 0 Å². The molecule has 4 nitrogen and oxygen atoms in total. The highest BCUT2D eigenvalue weighted by Gasteiger charge is 2.22. The number of phenolic OH excluding ortho intramolecular Hbond substituents is 1. The van der Waals surface area contributed by atoms with E-state index in [0.29, 0.717) is 11.7 Å². The molecule has 1 atom stereocenters. The minimum Gasteiger partial charge on any atom is -0.508 e. The number of aryl methyl sites for hydroxylation is 1. The Hall–Kier alpha value is -2.59. The Balaban J connectivity index is 1.40. The minimum atomic E-state index is 0.334. The lowest BCUT2D eigenvalue weighted by Crippen LogP contribution is -2.36. The third-order valence-corrected chi connectivity index (χ3v) is 5.74. The molecule has 0 aliphatic carbocycles. The maximum Gasteiger partial charge on any atom is 0.115 e. The Bertz CT molecular complexity index is 886. The summed E-state index contributed by atoms with van der Waals surface area (Å²) in [6, 6.07) is 18.2. The Morgan fingerprint density at radius 2 is 1.75 bits per heavy atom. The van der Waals surface area contributed by atoms with Crippen molar-refractivity contribution in [3.8, 4) is 5.75 Å². The summed E-state index contributed by atoms with van der Waals surface area (Å²) in [6.07, 6.45) is 5.55. The number of phenols is 1. The van der Waals surface area contributed by atoms with Crippen LogP contribution in [-0.4, -0.2) is 32.6 Å². The number of piperidine rings is 1. The monoisotopic (exact) mass is 375 g/mol. The molecule has 1 unspecified atom stereocenters. The first kappa shape index (κ1) is 18.8. The summed E-state index contributed by atoms with van der Waals surface area (Å²) in [5.74, 6) is 2.18. The quantitative estimate of drug-likeness (QED) is 0.694. The molecule has 1 aliphatic rings. The molecule has 2 heterocycles. The van der Waals surface area contributed by atoms with Crippen LogP contribution < -0.4 is 0 Å². The largest absolute Gasteiger partial charge is 0.508 e. The summed E-state index contributed by atoms with van der Waals surface area (Å²) in [7, 11) is 0. The maximum atomic E-state index is 9.48.